The molecule has 0 aliphatic rings. The fourth-order valence-corrected chi connectivity index (χ4v) is 2.65. The zero-order chi connectivity index (χ0) is 19.8. The second-order valence-corrected chi connectivity index (χ2v) is 7.98. The monoisotopic (exact) mass is 385 g/mol. The molecule has 146 valence electrons. The highest BCUT2D eigenvalue weighted by molar-refractivity contribution is 7.89. The molecule has 0 aliphatic heterocycles. The predicted molar refractivity (Wildman–Crippen MR) is 97.8 cm³/mol. The van der Waals surface area contributed by atoms with Gasteiger partial charge in [0, 0.05) is 26.8 Å². The number of amides is 2. The summed E-state index contributed by atoms with van der Waals surface area (Å²) in [4.78, 5) is 24.5. The number of nitrogens with two attached hydrogens (primary N) is 1. The number of rotatable bonds is 10. The van der Waals surface area contributed by atoms with Crippen LogP contribution in [0.5, 0.6) is 0 Å². The van der Waals surface area contributed by atoms with E-state index < -0.39 is 15.4 Å². The number of nitrogens with one attached hydrogen (secondary N) is 2. The van der Waals surface area contributed by atoms with Gasteiger partial charge in [-0.1, -0.05) is 12.1 Å². The van der Waals surface area contributed by atoms with E-state index in [4.69, 9.17) is 9.88 Å². The number of hydrogen-bond acceptors (Lipinski definition) is 5. The second-order valence-electron chi connectivity index (χ2n) is 6.42. The van der Waals surface area contributed by atoms with Crippen LogP contribution in [-0.4, -0.2) is 47.0 Å². The van der Waals surface area contributed by atoms with Crippen molar-refractivity contribution in [1.82, 2.24) is 10.6 Å². The number of benzene rings is 1. The van der Waals surface area contributed by atoms with Crippen molar-refractivity contribution in [3.63, 3.8) is 0 Å². The minimum atomic E-state index is -3.72. The highest BCUT2D eigenvalue weighted by Gasteiger charge is 2.35. The predicted octanol–water partition coefficient (Wildman–Crippen LogP) is 0.172. The van der Waals surface area contributed by atoms with Gasteiger partial charge >= 0.3 is 0 Å². The fourth-order valence-electron chi connectivity index (χ4n) is 2.13. The summed E-state index contributed by atoms with van der Waals surface area (Å²) in [5.74, 6) is -0.716. The quantitative estimate of drug-likeness (QED) is 0.391. The Kier molecular flexibility index (Phi) is 8.19. The topological polar surface area (TPSA) is 128 Å². The summed E-state index contributed by atoms with van der Waals surface area (Å²) >= 11 is 0. The van der Waals surface area contributed by atoms with Gasteiger partial charge < -0.3 is 15.4 Å². The van der Waals surface area contributed by atoms with Crippen LogP contribution in [-0.2, 0) is 30.8 Å². The average molecular weight is 385 g/mol. The first-order valence-electron chi connectivity index (χ1n) is 8.26. The molecule has 0 bridgehead atoms. The van der Waals surface area contributed by atoms with Crippen LogP contribution in [0.15, 0.2) is 29.2 Å². The Balaban J connectivity index is 2.48. The van der Waals surface area contributed by atoms with E-state index in [2.05, 4.69) is 10.6 Å². The molecule has 0 unspecified atom stereocenters. The van der Waals surface area contributed by atoms with E-state index >= 15 is 0 Å². The second kappa shape index (κ2) is 9.65. The Morgan fingerprint density at radius 1 is 1.08 bits per heavy atom. The number of methoxy groups -OCH3 is 1. The highest BCUT2D eigenvalue weighted by Crippen LogP contribution is 2.15. The summed E-state index contributed by atoms with van der Waals surface area (Å²) in [6.45, 7) is 4.44. The van der Waals surface area contributed by atoms with Gasteiger partial charge in [0.2, 0.25) is 21.8 Å². The standard InChI is InChI=1S/C17H27N3O5S/c1-17(2,15(21)19-10-4-12-25-3)16(22)20-11-9-13-5-7-14(8-6-13)26(18,23)24/h5-8H,4,9-12H2,1-3H3,(H,19,21)(H,20,22)(H2,18,23,24). The van der Waals surface area contributed by atoms with E-state index in [1.54, 1.807) is 33.1 Å². The van der Waals surface area contributed by atoms with Gasteiger partial charge in [-0.15, -0.1) is 0 Å². The molecule has 0 atom stereocenters. The van der Waals surface area contributed by atoms with Crippen molar-refractivity contribution in [2.24, 2.45) is 10.6 Å². The molecule has 0 radical (unpaired) electrons. The lowest BCUT2D eigenvalue weighted by Crippen LogP contribution is -2.48. The van der Waals surface area contributed by atoms with Crippen LogP contribution in [0.3, 0.4) is 0 Å². The molecule has 1 rings (SSSR count). The first-order chi connectivity index (χ1) is 12.1. The molecule has 0 saturated heterocycles. The van der Waals surface area contributed by atoms with Gasteiger partial charge in [0.15, 0.2) is 0 Å². The molecule has 26 heavy (non-hydrogen) atoms. The molecule has 0 fully saturated rings. The lowest BCUT2D eigenvalue weighted by molar-refractivity contribution is -0.141. The van der Waals surface area contributed by atoms with Crippen LogP contribution >= 0.6 is 0 Å². The minimum absolute atomic E-state index is 0.0385. The van der Waals surface area contributed by atoms with E-state index in [-0.39, 0.29) is 16.7 Å². The van der Waals surface area contributed by atoms with Crippen LogP contribution in [0.2, 0.25) is 0 Å². The number of primary sulfonamides is 1. The molecule has 0 heterocycles. The molecule has 1 aromatic carbocycles. The van der Waals surface area contributed by atoms with Crippen molar-refractivity contribution in [2.75, 3.05) is 26.8 Å². The normalized spacial score (nSPS) is 11.8. The maximum Gasteiger partial charge on any atom is 0.238 e. The molecular weight excluding hydrogens is 358 g/mol. The number of sulfonamides is 1. The Morgan fingerprint density at radius 3 is 2.12 bits per heavy atom. The number of ether oxygens (including phenoxy) is 1. The summed E-state index contributed by atoms with van der Waals surface area (Å²) in [5, 5.41) is 10.5. The molecule has 0 aromatic heterocycles. The molecule has 0 saturated carbocycles. The van der Waals surface area contributed by atoms with E-state index in [1.807, 2.05) is 0 Å². The largest absolute Gasteiger partial charge is 0.385 e. The van der Waals surface area contributed by atoms with Crippen LogP contribution in [0, 0.1) is 5.41 Å². The van der Waals surface area contributed by atoms with Crippen molar-refractivity contribution in [2.45, 2.75) is 31.6 Å². The molecular formula is C17H27N3O5S. The molecule has 1 aromatic rings. The van der Waals surface area contributed by atoms with Gasteiger partial charge in [-0.25, -0.2) is 13.6 Å². The molecule has 0 aliphatic carbocycles. The summed E-state index contributed by atoms with van der Waals surface area (Å²) in [6, 6.07) is 6.12. The third kappa shape index (κ3) is 6.74. The Bertz CT molecular complexity index is 714. The van der Waals surface area contributed by atoms with Crippen LogP contribution in [0.1, 0.15) is 25.8 Å². The van der Waals surface area contributed by atoms with E-state index in [1.165, 1.54) is 12.1 Å². The molecule has 2 amide bonds. The Labute approximate surface area is 154 Å². The van der Waals surface area contributed by atoms with Crippen molar-refractivity contribution >= 4 is 21.8 Å². The SMILES string of the molecule is COCCCNC(=O)C(C)(C)C(=O)NCCc1ccc(S(N)(=O)=O)cc1. The average Bonchev–Trinajstić information content (AvgIpc) is 2.58. The zero-order valence-electron chi connectivity index (χ0n) is 15.4. The first kappa shape index (κ1) is 22.1. The number of carbonyl (C=O) groups is 2. The maximum atomic E-state index is 12.3. The lowest BCUT2D eigenvalue weighted by Gasteiger charge is -2.22. The summed E-state index contributed by atoms with van der Waals surface area (Å²) in [7, 11) is -2.13. The highest BCUT2D eigenvalue weighted by atomic mass is 32.2. The van der Waals surface area contributed by atoms with Crippen LogP contribution in [0.25, 0.3) is 0 Å². The smallest absolute Gasteiger partial charge is 0.238 e. The Hall–Kier alpha value is -1.97. The van der Waals surface area contributed by atoms with Crippen molar-refractivity contribution < 1.29 is 22.7 Å². The van der Waals surface area contributed by atoms with Gasteiger partial charge in [0.25, 0.3) is 0 Å². The summed E-state index contributed by atoms with van der Waals surface area (Å²) < 4.78 is 27.3. The fraction of sp³-hybridized carbons (Fsp3) is 0.529. The van der Waals surface area contributed by atoms with E-state index in [9.17, 15) is 18.0 Å². The van der Waals surface area contributed by atoms with E-state index in [0.717, 1.165) is 5.56 Å². The van der Waals surface area contributed by atoms with Crippen molar-refractivity contribution in [1.29, 1.82) is 0 Å². The van der Waals surface area contributed by atoms with Gasteiger partial charge in [0.1, 0.15) is 5.41 Å². The lowest BCUT2D eigenvalue weighted by atomic mass is 9.91. The molecule has 4 N–H and O–H groups in total. The number of hydrogen-bond donors (Lipinski definition) is 3. The van der Waals surface area contributed by atoms with Crippen molar-refractivity contribution in [3.05, 3.63) is 29.8 Å². The third-order valence-corrected chi connectivity index (χ3v) is 4.83. The first-order valence-corrected chi connectivity index (χ1v) is 9.81. The van der Waals surface area contributed by atoms with Crippen LogP contribution < -0.4 is 15.8 Å². The Morgan fingerprint density at radius 2 is 1.62 bits per heavy atom. The minimum Gasteiger partial charge on any atom is -0.385 e. The van der Waals surface area contributed by atoms with Crippen LogP contribution in [0.4, 0.5) is 0 Å². The summed E-state index contributed by atoms with van der Waals surface area (Å²) in [6.07, 6.45) is 1.18. The van der Waals surface area contributed by atoms with Gasteiger partial charge in [-0.3, -0.25) is 9.59 Å². The van der Waals surface area contributed by atoms with Gasteiger partial charge in [-0.05, 0) is 44.4 Å². The van der Waals surface area contributed by atoms with Gasteiger partial charge in [0.05, 0.1) is 4.90 Å². The third-order valence-electron chi connectivity index (χ3n) is 3.90. The molecule has 8 nitrogen and oxygen atoms in total. The molecule has 0 spiro atoms. The van der Waals surface area contributed by atoms with Crippen molar-refractivity contribution in [3.8, 4) is 0 Å². The summed E-state index contributed by atoms with van der Waals surface area (Å²) in [5.41, 5.74) is -0.343. The number of carbonyl (C=O) groups excluding carboxylic acids is 2. The van der Waals surface area contributed by atoms with E-state index in [0.29, 0.717) is 32.5 Å². The van der Waals surface area contributed by atoms with Gasteiger partial charge in [-0.2, -0.15) is 0 Å². The molecule has 9 heteroatoms. The zero-order valence-corrected chi connectivity index (χ0v) is 16.2. The maximum absolute atomic E-state index is 12.3.